The molecule has 1 aromatic heterocycles. The molecule has 1 atom stereocenters. The van der Waals surface area contributed by atoms with Crippen LogP contribution in [0.3, 0.4) is 0 Å². The van der Waals surface area contributed by atoms with Gasteiger partial charge in [-0.25, -0.2) is 9.97 Å². The first-order valence-electron chi connectivity index (χ1n) is 9.80. The number of allylic oxidation sites excluding steroid dienone is 2. The number of hydrogen-bond acceptors (Lipinski definition) is 7. The van der Waals surface area contributed by atoms with Crippen molar-refractivity contribution in [3.05, 3.63) is 46.7 Å². The second-order valence-corrected chi connectivity index (χ2v) is 9.48. The van der Waals surface area contributed by atoms with Gasteiger partial charge < -0.3 is 15.8 Å². The largest absolute Gasteiger partial charge is 0.497 e. The van der Waals surface area contributed by atoms with Crippen molar-refractivity contribution < 1.29 is 9.53 Å². The Hall–Kier alpha value is -2.54. The first kappa shape index (κ1) is 19.8. The van der Waals surface area contributed by atoms with Crippen LogP contribution >= 0.6 is 11.8 Å². The highest BCUT2D eigenvalue weighted by molar-refractivity contribution is 7.99. The lowest BCUT2D eigenvalue weighted by molar-refractivity contribution is -0.118. The summed E-state index contributed by atoms with van der Waals surface area (Å²) in [5, 5.41) is 4.08. The number of aromatic nitrogens is 2. The molecular weight excluding hydrogens is 384 g/mol. The number of carbonyl (C=O) groups excluding carboxylic acids is 1. The minimum Gasteiger partial charge on any atom is -0.497 e. The summed E-state index contributed by atoms with van der Waals surface area (Å²) in [7, 11) is 1.64. The second kappa shape index (κ2) is 7.37. The lowest BCUT2D eigenvalue weighted by Crippen LogP contribution is -2.34. The Bertz CT molecular complexity index is 999. The molecule has 1 aliphatic heterocycles. The summed E-state index contributed by atoms with van der Waals surface area (Å²) in [4.78, 5) is 22.5. The molecule has 0 unspecified atom stereocenters. The number of nitrogens with one attached hydrogen (secondary N) is 1. The van der Waals surface area contributed by atoms with E-state index >= 15 is 0 Å². The summed E-state index contributed by atoms with van der Waals surface area (Å²) >= 11 is 1.55. The van der Waals surface area contributed by atoms with Gasteiger partial charge in [0.05, 0.1) is 7.11 Å². The van der Waals surface area contributed by atoms with Crippen LogP contribution in [-0.2, 0) is 4.79 Å². The Morgan fingerprint density at radius 1 is 1.24 bits per heavy atom. The van der Waals surface area contributed by atoms with E-state index in [4.69, 9.17) is 15.5 Å². The van der Waals surface area contributed by atoms with Gasteiger partial charge in [0.15, 0.2) is 10.9 Å². The number of rotatable bonds is 4. The SMILES string of the molecule is CCSc1nc(N)c2c(n1)NC1=C(C(=O)CC(C)(C)C1)[C@@H]2c1ccc(OC)cc1. The average Bonchev–Trinajstić information content (AvgIpc) is 2.65. The zero-order valence-electron chi connectivity index (χ0n) is 17.2. The van der Waals surface area contributed by atoms with Crippen LogP contribution in [0.25, 0.3) is 0 Å². The van der Waals surface area contributed by atoms with E-state index in [0.717, 1.165) is 40.3 Å². The van der Waals surface area contributed by atoms with E-state index in [-0.39, 0.29) is 17.1 Å². The summed E-state index contributed by atoms with van der Waals surface area (Å²) < 4.78 is 5.30. The van der Waals surface area contributed by atoms with Crippen molar-refractivity contribution in [1.82, 2.24) is 9.97 Å². The molecule has 2 aliphatic rings. The zero-order valence-corrected chi connectivity index (χ0v) is 18.0. The van der Waals surface area contributed by atoms with Gasteiger partial charge in [0.25, 0.3) is 0 Å². The van der Waals surface area contributed by atoms with Crippen LogP contribution in [0.5, 0.6) is 5.75 Å². The standard InChI is InChI=1S/C22H26N4O2S/c1-5-29-21-25-19(23)18-16(12-6-8-13(28-4)9-7-12)17-14(24-20(18)26-21)10-22(2,3)11-15(17)27/h6-9,16H,5,10-11H2,1-4H3,(H3,23,24,25,26)/t16-/m0/s1. The third kappa shape index (κ3) is 3.59. The first-order valence-corrected chi connectivity index (χ1v) is 10.8. The smallest absolute Gasteiger partial charge is 0.191 e. The van der Waals surface area contributed by atoms with Crippen LogP contribution in [0, 0.1) is 5.41 Å². The van der Waals surface area contributed by atoms with Crippen molar-refractivity contribution in [3.63, 3.8) is 0 Å². The van der Waals surface area contributed by atoms with Crippen LogP contribution in [0.4, 0.5) is 11.6 Å². The number of hydrogen-bond donors (Lipinski definition) is 2. The van der Waals surface area contributed by atoms with Crippen molar-refractivity contribution >= 4 is 29.2 Å². The fraction of sp³-hybridized carbons (Fsp3) is 0.409. The second-order valence-electron chi connectivity index (χ2n) is 8.25. The normalized spacial score (nSPS) is 20.0. The number of nitrogens with two attached hydrogens (primary N) is 1. The van der Waals surface area contributed by atoms with Crippen molar-refractivity contribution in [3.8, 4) is 5.75 Å². The predicted molar refractivity (Wildman–Crippen MR) is 116 cm³/mol. The van der Waals surface area contributed by atoms with E-state index < -0.39 is 0 Å². The molecule has 7 heteroatoms. The Morgan fingerprint density at radius 2 is 1.97 bits per heavy atom. The maximum Gasteiger partial charge on any atom is 0.191 e. The number of ether oxygens (including phenoxy) is 1. The Labute approximate surface area is 175 Å². The van der Waals surface area contributed by atoms with E-state index in [9.17, 15) is 4.79 Å². The molecule has 0 saturated heterocycles. The van der Waals surface area contributed by atoms with Crippen LogP contribution in [0.15, 0.2) is 40.7 Å². The molecule has 4 rings (SSSR count). The number of benzene rings is 1. The highest BCUT2D eigenvalue weighted by Crippen LogP contribution is 2.50. The molecule has 0 spiro atoms. The van der Waals surface area contributed by atoms with E-state index in [1.807, 2.05) is 24.3 Å². The number of nitrogen functional groups attached to an aromatic ring is 1. The van der Waals surface area contributed by atoms with Crippen LogP contribution < -0.4 is 15.8 Å². The van der Waals surface area contributed by atoms with Crippen molar-refractivity contribution in [1.29, 1.82) is 0 Å². The fourth-order valence-electron chi connectivity index (χ4n) is 4.24. The molecule has 0 radical (unpaired) electrons. The van der Waals surface area contributed by atoms with Crippen molar-refractivity contribution in [2.75, 3.05) is 23.9 Å². The minimum absolute atomic E-state index is 0.0928. The predicted octanol–water partition coefficient (Wildman–Crippen LogP) is 4.38. The fourth-order valence-corrected chi connectivity index (χ4v) is 4.81. The quantitative estimate of drug-likeness (QED) is 0.571. The van der Waals surface area contributed by atoms with Crippen molar-refractivity contribution in [2.45, 2.75) is 44.7 Å². The van der Waals surface area contributed by atoms with Gasteiger partial charge in [-0.15, -0.1) is 0 Å². The molecule has 1 aromatic carbocycles. The molecule has 1 aliphatic carbocycles. The maximum absolute atomic E-state index is 13.2. The molecule has 6 nitrogen and oxygen atoms in total. The molecule has 0 bridgehead atoms. The lowest BCUT2D eigenvalue weighted by Gasteiger charge is -2.39. The van der Waals surface area contributed by atoms with Gasteiger partial charge in [-0.2, -0.15) is 0 Å². The summed E-state index contributed by atoms with van der Waals surface area (Å²) in [6.07, 6.45) is 1.31. The summed E-state index contributed by atoms with van der Waals surface area (Å²) in [5.41, 5.74) is 9.82. The number of fused-ring (bicyclic) bond motifs is 1. The van der Waals surface area contributed by atoms with Gasteiger partial charge in [-0.3, -0.25) is 4.79 Å². The van der Waals surface area contributed by atoms with E-state index in [0.29, 0.717) is 23.2 Å². The average molecular weight is 411 g/mol. The minimum atomic E-state index is -0.281. The molecule has 2 heterocycles. The molecule has 0 saturated carbocycles. The number of anilines is 2. The molecule has 29 heavy (non-hydrogen) atoms. The van der Waals surface area contributed by atoms with E-state index in [1.165, 1.54) is 0 Å². The van der Waals surface area contributed by atoms with Gasteiger partial charge >= 0.3 is 0 Å². The third-order valence-corrected chi connectivity index (χ3v) is 6.17. The van der Waals surface area contributed by atoms with Crippen LogP contribution in [0.1, 0.15) is 50.7 Å². The number of methoxy groups -OCH3 is 1. The highest BCUT2D eigenvalue weighted by atomic mass is 32.2. The molecule has 0 amide bonds. The molecular formula is C22H26N4O2S. The Kier molecular flexibility index (Phi) is 5.02. The van der Waals surface area contributed by atoms with E-state index in [2.05, 4.69) is 31.1 Å². The number of carbonyl (C=O) groups is 1. The van der Waals surface area contributed by atoms with Gasteiger partial charge in [0.2, 0.25) is 0 Å². The molecule has 2 aromatic rings. The number of ketones is 1. The summed E-state index contributed by atoms with van der Waals surface area (Å²) in [6, 6.07) is 7.80. The maximum atomic E-state index is 13.2. The van der Waals surface area contributed by atoms with Gasteiger partial charge in [0, 0.05) is 29.2 Å². The third-order valence-electron chi connectivity index (χ3n) is 5.44. The zero-order chi connectivity index (χ0) is 20.8. The summed E-state index contributed by atoms with van der Waals surface area (Å²) in [6.45, 7) is 6.31. The first-order chi connectivity index (χ1) is 13.8. The number of thioether (sulfide) groups is 1. The van der Waals surface area contributed by atoms with E-state index in [1.54, 1.807) is 18.9 Å². The Balaban J connectivity index is 1.91. The number of nitrogens with zero attached hydrogens (tertiary/aromatic N) is 2. The highest BCUT2D eigenvalue weighted by Gasteiger charge is 2.42. The van der Waals surface area contributed by atoms with Gasteiger partial charge in [-0.1, -0.05) is 44.7 Å². The van der Waals surface area contributed by atoms with Gasteiger partial charge in [0.1, 0.15) is 17.4 Å². The van der Waals surface area contributed by atoms with Crippen molar-refractivity contribution in [2.24, 2.45) is 5.41 Å². The monoisotopic (exact) mass is 410 g/mol. The molecule has 0 fully saturated rings. The summed E-state index contributed by atoms with van der Waals surface area (Å²) in [5.74, 6) is 2.63. The Morgan fingerprint density at radius 3 is 2.62 bits per heavy atom. The topological polar surface area (TPSA) is 90.1 Å². The lowest BCUT2D eigenvalue weighted by atomic mass is 9.69. The molecule has 3 N–H and O–H groups in total. The van der Waals surface area contributed by atoms with Crippen LogP contribution in [-0.4, -0.2) is 28.6 Å². The van der Waals surface area contributed by atoms with Gasteiger partial charge in [-0.05, 0) is 35.3 Å². The van der Waals surface area contributed by atoms with Crippen LogP contribution in [0.2, 0.25) is 0 Å². The number of Topliss-reactive ketones (excluding diaryl/α,β-unsaturated/α-hetero) is 1. The molecule has 152 valence electrons.